The normalized spacial score (nSPS) is 14.9. The summed E-state index contributed by atoms with van der Waals surface area (Å²) in [4.78, 5) is 0.106. The molecule has 2 nitrogen and oxygen atoms in total. The molecule has 1 aromatic carbocycles. The first-order chi connectivity index (χ1) is 7.29. The van der Waals surface area contributed by atoms with Gasteiger partial charge in [-0.25, -0.2) is 0 Å². The van der Waals surface area contributed by atoms with E-state index in [0.29, 0.717) is 5.56 Å². The van der Waals surface area contributed by atoms with E-state index in [-0.39, 0.29) is 29.1 Å². The van der Waals surface area contributed by atoms with E-state index in [0.717, 1.165) is 0 Å². The number of alkyl halides is 3. The van der Waals surface area contributed by atoms with Crippen molar-refractivity contribution < 1.29 is 18.3 Å². The number of aliphatic hydroxyl groups is 1. The van der Waals surface area contributed by atoms with Crippen molar-refractivity contribution in [3.05, 3.63) is 29.8 Å². The summed E-state index contributed by atoms with van der Waals surface area (Å²) < 4.78 is 36.1. The fraction of sp³-hybridized carbons (Fsp3) is 0.400. The van der Waals surface area contributed by atoms with Crippen molar-refractivity contribution in [1.82, 2.24) is 0 Å². The first-order valence-corrected chi connectivity index (χ1v) is 5.40. The Balaban J connectivity index is 0.00000256. The average molecular weight is 288 g/mol. The topological polar surface area (TPSA) is 46.2 Å². The molecule has 2 atom stereocenters. The molecular formula is C10H13ClF3NOS. The van der Waals surface area contributed by atoms with Crippen LogP contribution in [0.3, 0.4) is 0 Å². The Kier molecular flexibility index (Phi) is 6.32. The Labute approximate surface area is 108 Å². The number of rotatable bonds is 3. The van der Waals surface area contributed by atoms with Crippen LogP contribution < -0.4 is 5.73 Å². The Bertz CT molecular complexity index is 342. The van der Waals surface area contributed by atoms with Crippen LogP contribution in [0.5, 0.6) is 0 Å². The van der Waals surface area contributed by atoms with E-state index in [1.54, 1.807) is 0 Å². The van der Waals surface area contributed by atoms with Gasteiger partial charge in [0, 0.05) is 4.90 Å². The molecule has 98 valence electrons. The molecule has 1 rings (SSSR count). The van der Waals surface area contributed by atoms with Gasteiger partial charge in [-0.2, -0.15) is 13.2 Å². The molecule has 0 aromatic heterocycles. The van der Waals surface area contributed by atoms with Crippen LogP contribution in [-0.2, 0) is 0 Å². The fourth-order valence-corrected chi connectivity index (χ4v) is 1.71. The molecule has 0 radical (unpaired) electrons. The number of aliphatic hydroxyl groups excluding tert-OH is 1. The molecule has 0 fully saturated rings. The van der Waals surface area contributed by atoms with E-state index in [1.807, 2.05) is 0 Å². The molecule has 1 aromatic rings. The standard InChI is InChI=1S/C10H12F3NOS.ClH/c1-6(15)9(14)7-2-4-8(5-3-7)16-10(11,12)13;/h2-6,9,15H,14H2,1H3;1H/t6-,9-;/m0./s1. The molecule has 0 aliphatic rings. The van der Waals surface area contributed by atoms with Crippen LogP contribution in [-0.4, -0.2) is 16.7 Å². The third-order valence-corrected chi connectivity index (χ3v) is 2.76. The SMILES string of the molecule is C[C@H](O)[C@H](N)c1ccc(SC(F)(F)F)cc1.Cl. The summed E-state index contributed by atoms with van der Waals surface area (Å²) in [7, 11) is 0. The maximum absolute atomic E-state index is 12.0. The molecule has 0 saturated carbocycles. The molecule has 0 spiro atoms. The number of nitrogens with two attached hydrogens (primary N) is 1. The summed E-state index contributed by atoms with van der Waals surface area (Å²) in [5.74, 6) is 0. The lowest BCUT2D eigenvalue weighted by molar-refractivity contribution is -0.0328. The van der Waals surface area contributed by atoms with Gasteiger partial charge >= 0.3 is 5.51 Å². The van der Waals surface area contributed by atoms with Gasteiger partial charge in [-0.3, -0.25) is 0 Å². The predicted octanol–water partition coefficient (Wildman–Crippen LogP) is 3.10. The van der Waals surface area contributed by atoms with Crippen molar-refractivity contribution >= 4 is 24.2 Å². The first kappa shape index (κ1) is 16.6. The number of hydrogen-bond acceptors (Lipinski definition) is 3. The van der Waals surface area contributed by atoms with Gasteiger partial charge < -0.3 is 10.8 Å². The lowest BCUT2D eigenvalue weighted by Gasteiger charge is -2.15. The van der Waals surface area contributed by atoms with E-state index >= 15 is 0 Å². The van der Waals surface area contributed by atoms with Gasteiger partial charge in [0.1, 0.15) is 0 Å². The van der Waals surface area contributed by atoms with Crippen LogP contribution in [0.25, 0.3) is 0 Å². The second-order valence-electron chi connectivity index (χ2n) is 3.38. The molecular weight excluding hydrogens is 275 g/mol. The van der Waals surface area contributed by atoms with Gasteiger partial charge in [0.25, 0.3) is 0 Å². The minimum absolute atomic E-state index is 0. The Hall–Kier alpha value is -0.430. The van der Waals surface area contributed by atoms with Crippen LogP contribution >= 0.6 is 24.2 Å². The second kappa shape index (κ2) is 6.49. The highest BCUT2D eigenvalue weighted by atomic mass is 35.5. The Morgan fingerprint density at radius 1 is 1.24 bits per heavy atom. The molecule has 0 aliphatic heterocycles. The molecule has 0 unspecified atom stereocenters. The number of hydrogen-bond donors (Lipinski definition) is 2. The lowest BCUT2D eigenvalue weighted by Crippen LogP contribution is -2.22. The molecule has 0 bridgehead atoms. The number of thioether (sulfide) groups is 1. The maximum Gasteiger partial charge on any atom is 0.446 e. The van der Waals surface area contributed by atoms with Gasteiger partial charge in [0.2, 0.25) is 0 Å². The van der Waals surface area contributed by atoms with Gasteiger partial charge in [0.05, 0.1) is 12.1 Å². The minimum Gasteiger partial charge on any atom is -0.391 e. The van der Waals surface area contributed by atoms with Crippen molar-refractivity contribution in [3.63, 3.8) is 0 Å². The summed E-state index contributed by atoms with van der Waals surface area (Å²) in [5.41, 5.74) is 1.96. The molecule has 0 heterocycles. The van der Waals surface area contributed by atoms with Gasteiger partial charge in [-0.1, -0.05) is 12.1 Å². The largest absolute Gasteiger partial charge is 0.446 e. The lowest BCUT2D eigenvalue weighted by atomic mass is 10.0. The van der Waals surface area contributed by atoms with E-state index in [1.165, 1.54) is 31.2 Å². The van der Waals surface area contributed by atoms with E-state index in [4.69, 9.17) is 5.73 Å². The van der Waals surface area contributed by atoms with E-state index in [9.17, 15) is 18.3 Å². The Morgan fingerprint density at radius 3 is 2.06 bits per heavy atom. The van der Waals surface area contributed by atoms with Gasteiger partial charge in [0.15, 0.2) is 0 Å². The summed E-state index contributed by atoms with van der Waals surface area (Å²) in [5, 5.41) is 9.22. The summed E-state index contributed by atoms with van der Waals surface area (Å²) in [6.45, 7) is 1.53. The second-order valence-corrected chi connectivity index (χ2v) is 4.52. The summed E-state index contributed by atoms with van der Waals surface area (Å²) in [6.07, 6.45) is -0.735. The van der Waals surface area contributed by atoms with Crippen molar-refractivity contribution in [2.45, 2.75) is 29.5 Å². The number of benzene rings is 1. The highest BCUT2D eigenvalue weighted by Gasteiger charge is 2.29. The maximum atomic E-state index is 12.0. The van der Waals surface area contributed by atoms with Crippen LogP contribution in [0.15, 0.2) is 29.2 Å². The average Bonchev–Trinajstić information content (AvgIpc) is 2.15. The zero-order valence-corrected chi connectivity index (χ0v) is 10.6. The molecule has 17 heavy (non-hydrogen) atoms. The highest BCUT2D eigenvalue weighted by Crippen LogP contribution is 2.36. The molecule has 7 heteroatoms. The van der Waals surface area contributed by atoms with Gasteiger partial charge in [-0.05, 0) is 36.4 Å². The monoisotopic (exact) mass is 287 g/mol. The predicted molar refractivity (Wildman–Crippen MR) is 64.2 cm³/mol. The summed E-state index contributed by atoms with van der Waals surface area (Å²) >= 11 is -0.174. The summed E-state index contributed by atoms with van der Waals surface area (Å²) in [6, 6.07) is 5.09. The van der Waals surface area contributed by atoms with Crippen LogP contribution in [0.1, 0.15) is 18.5 Å². The first-order valence-electron chi connectivity index (χ1n) is 4.59. The zero-order chi connectivity index (χ0) is 12.3. The molecule has 0 amide bonds. The number of halogens is 4. The zero-order valence-electron chi connectivity index (χ0n) is 8.94. The smallest absolute Gasteiger partial charge is 0.391 e. The van der Waals surface area contributed by atoms with E-state index < -0.39 is 17.7 Å². The fourth-order valence-electron chi connectivity index (χ4n) is 1.17. The Morgan fingerprint density at radius 2 is 1.71 bits per heavy atom. The van der Waals surface area contributed by atoms with Crippen LogP contribution in [0, 0.1) is 0 Å². The van der Waals surface area contributed by atoms with Crippen molar-refractivity contribution in [2.75, 3.05) is 0 Å². The third kappa shape index (κ3) is 5.63. The van der Waals surface area contributed by atoms with Crippen LogP contribution in [0.4, 0.5) is 13.2 Å². The molecule has 0 aliphatic carbocycles. The molecule has 3 N–H and O–H groups in total. The van der Waals surface area contributed by atoms with Crippen LogP contribution in [0.2, 0.25) is 0 Å². The van der Waals surface area contributed by atoms with Gasteiger partial charge in [-0.15, -0.1) is 12.4 Å². The van der Waals surface area contributed by atoms with Crippen molar-refractivity contribution in [2.24, 2.45) is 5.73 Å². The van der Waals surface area contributed by atoms with Crippen molar-refractivity contribution in [3.8, 4) is 0 Å². The molecule has 0 saturated heterocycles. The quantitative estimate of drug-likeness (QED) is 0.840. The third-order valence-electron chi connectivity index (χ3n) is 2.02. The van der Waals surface area contributed by atoms with E-state index in [2.05, 4.69) is 0 Å². The van der Waals surface area contributed by atoms with Crippen molar-refractivity contribution in [1.29, 1.82) is 0 Å². The highest BCUT2D eigenvalue weighted by molar-refractivity contribution is 8.00. The minimum atomic E-state index is -4.28.